The summed E-state index contributed by atoms with van der Waals surface area (Å²) in [6.45, 7) is 0.410. The predicted molar refractivity (Wildman–Crippen MR) is 95.7 cm³/mol. The molecule has 0 amide bonds. The number of rotatable bonds is 4. The van der Waals surface area contributed by atoms with E-state index in [4.69, 9.17) is 27.9 Å². The highest BCUT2D eigenvalue weighted by molar-refractivity contribution is 7.88. The minimum absolute atomic E-state index is 0.0522. The van der Waals surface area contributed by atoms with Gasteiger partial charge in [-0.1, -0.05) is 23.2 Å². The first kappa shape index (κ1) is 19.5. The van der Waals surface area contributed by atoms with Crippen molar-refractivity contribution >= 4 is 33.2 Å². The lowest BCUT2D eigenvalue weighted by Crippen LogP contribution is -2.42. The summed E-state index contributed by atoms with van der Waals surface area (Å²) in [5.74, 6) is -2.13. The fourth-order valence-electron chi connectivity index (χ4n) is 2.84. The van der Waals surface area contributed by atoms with Gasteiger partial charge < -0.3 is 4.74 Å². The zero-order valence-electron chi connectivity index (χ0n) is 13.5. The number of hydrogen-bond acceptors (Lipinski definition) is 3. The molecule has 0 saturated carbocycles. The van der Waals surface area contributed by atoms with Crippen LogP contribution in [-0.2, 0) is 20.5 Å². The summed E-state index contributed by atoms with van der Waals surface area (Å²) < 4.78 is 58.8. The highest BCUT2D eigenvalue weighted by Crippen LogP contribution is 2.29. The first-order chi connectivity index (χ1) is 12.2. The van der Waals surface area contributed by atoms with Gasteiger partial charge in [0.25, 0.3) is 0 Å². The van der Waals surface area contributed by atoms with Gasteiger partial charge in [0.05, 0.1) is 18.5 Å². The molecule has 0 N–H and O–H groups in total. The molecule has 1 aliphatic heterocycles. The Morgan fingerprint density at radius 3 is 2.27 bits per heavy atom. The smallest absolute Gasteiger partial charge is 0.218 e. The van der Waals surface area contributed by atoms with E-state index in [2.05, 4.69) is 0 Å². The Bertz CT molecular complexity index is 884. The molecule has 1 saturated heterocycles. The molecular weight excluding hydrogens is 407 g/mol. The van der Waals surface area contributed by atoms with Crippen LogP contribution < -0.4 is 0 Å². The fourth-order valence-corrected chi connectivity index (χ4v) is 4.87. The largest absolute Gasteiger partial charge is 0.371 e. The van der Waals surface area contributed by atoms with Crippen LogP contribution in [0.3, 0.4) is 0 Å². The minimum atomic E-state index is -3.78. The Morgan fingerprint density at radius 2 is 1.65 bits per heavy atom. The van der Waals surface area contributed by atoms with Gasteiger partial charge in [-0.25, -0.2) is 17.2 Å². The van der Waals surface area contributed by atoms with E-state index < -0.39 is 33.5 Å². The molecule has 4 nitrogen and oxygen atoms in total. The van der Waals surface area contributed by atoms with E-state index in [0.29, 0.717) is 21.7 Å². The maximum Gasteiger partial charge on any atom is 0.218 e. The Balaban J connectivity index is 1.79. The lowest BCUT2D eigenvalue weighted by molar-refractivity contribution is -0.00259. The van der Waals surface area contributed by atoms with Crippen LogP contribution in [0.2, 0.25) is 10.0 Å². The van der Waals surface area contributed by atoms with Crippen LogP contribution in [0, 0.1) is 11.6 Å². The van der Waals surface area contributed by atoms with Crippen molar-refractivity contribution in [3.8, 4) is 0 Å². The average molecular weight is 422 g/mol. The molecule has 9 heteroatoms. The van der Waals surface area contributed by atoms with E-state index >= 15 is 0 Å². The lowest BCUT2D eigenvalue weighted by atomic mass is 10.1. The van der Waals surface area contributed by atoms with Crippen LogP contribution in [0.5, 0.6) is 0 Å². The summed E-state index contributed by atoms with van der Waals surface area (Å²) >= 11 is 12.0. The monoisotopic (exact) mass is 421 g/mol. The molecule has 1 heterocycles. The number of sulfonamides is 1. The highest BCUT2D eigenvalue weighted by atomic mass is 35.5. The van der Waals surface area contributed by atoms with Gasteiger partial charge in [0.2, 0.25) is 10.0 Å². The van der Waals surface area contributed by atoms with E-state index in [9.17, 15) is 17.2 Å². The summed E-state index contributed by atoms with van der Waals surface area (Å²) in [6.07, 6.45) is -0.529. The van der Waals surface area contributed by atoms with Gasteiger partial charge in [-0.2, -0.15) is 4.31 Å². The topological polar surface area (TPSA) is 46.6 Å². The number of nitrogens with zero attached hydrogens (tertiary/aromatic N) is 1. The molecule has 0 aliphatic carbocycles. The van der Waals surface area contributed by atoms with Gasteiger partial charge in [-0.15, -0.1) is 0 Å². The molecule has 1 fully saturated rings. The molecule has 3 rings (SSSR count). The van der Waals surface area contributed by atoms with Crippen LogP contribution in [-0.4, -0.2) is 32.4 Å². The Morgan fingerprint density at radius 1 is 1.04 bits per heavy atom. The summed E-state index contributed by atoms with van der Waals surface area (Å²) in [5.41, 5.74) is 0.718. The lowest BCUT2D eigenvalue weighted by Gasteiger charge is -2.32. The average Bonchev–Trinajstić information content (AvgIpc) is 2.52. The molecule has 0 spiro atoms. The van der Waals surface area contributed by atoms with Gasteiger partial charge in [0, 0.05) is 29.2 Å². The van der Waals surface area contributed by atoms with Gasteiger partial charge in [0.1, 0.15) is 11.6 Å². The van der Waals surface area contributed by atoms with Crippen molar-refractivity contribution < 1.29 is 21.9 Å². The van der Waals surface area contributed by atoms with Crippen molar-refractivity contribution in [3.05, 3.63) is 69.2 Å². The van der Waals surface area contributed by atoms with Gasteiger partial charge >= 0.3 is 0 Å². The second-order valence-corrected chi connectivity index (χ2v) is 8.80. The first-order valence-corrected chi connectivity index (χ1v) is 10.1. The van der Waals surface area contributed by atoms with E-state index in [1.165, 1.54) is 4.31 Å². The van der Waals surface area contributed by atoms with Gasteiger partial charge in [-0.05, 0) is 41.5 Å². The van der Waals surface area contributed by atoms with E-state index in [0.717, 1.165) is 12.1 Å². The van der Waals surface area contributed by atoms with E-state index in [-0.39, 0.29) is 25.3 Å². The first-order valence-electron chi connectivity index (χ1n) is 7.73. The normalized spacial score (nSPS) is 18.8. The molecule has 1 atom stereocenters. The number of morpholine rings is 1. The maximum absolute atomic E-state index is 13.3. The van der Waals surface area contributed by atoms with Crippen LogP contribution in [0.25, 0.3) is 0 Å². The van der Waals surface area contributed by atoms with Crippen LogP contribution in [0.1, 0.15) is 17.2 Å². The zero-order valence-corrected chi connectivity index (χ0v) is 15.8. The van der Waals surface area contributed by atoms with E-state index in [1.807, 2.05) is 0 Å². The molecule has 0 aromatic heterocycles. The second-order valence-electron chi connectivity index (χ2n) is 5.95. The Hall–Kier alpha value is -1.25. The third kappa shape index (κ3) is 4.72. The number of ether oxygens (including phenoxy) is 1. The van der Waals surface area contributed by atoms with Crippen molar-refractivity contribution in [1.29, 1.82) is 0 Å². The molecule has 1 unspecified atom stereocenters. The second kappa shape index (κ2) is 7.78. The third-order valence-corrected chi connectivity index (χ3v) is 6.20. The third-order valence-electron chi connectivity index (χ3n) is 3.95. The molecule has 2 aromatic carbocycles. The molecule has 2 aromatic rings. The fraction of sp³-hybridized carbons (Fsp3) is 0.294. The number of hydrogen-bond donors (Lipinski definition) is 0. The SMILES string of the molecule is O=S(=O)(Cc1cc(F)cc(F)c1)N1CCOC(c2cc(Cl)cc(Cl)c2)C1. The van der Waals surface area contributed by atoms with Crippen molar-refractivity contribution in [2.75, 3.05) is 19.7 Å². The Labute approximate surface area is 160 Å². The molecule has 0 bridgehead atoms. The predicted octanol–water partition coefficient (Wildman–Crippen LogP) is 4.17. The van der Waals surface area contributed by atoms with Gasteiger partial charge in [-0.3, -0.25) is 0 Å². The zero-order chi connectivity index (χ0) is 18.9. The van der Waals surface area contributed by atoms with E-state index in [1.54, 1.807) is 18.2 Å². The van der Waals surface area contributed by atoms with Crippen LogP contribution in [0.15, 0.2) is 36.4 Å². The molecule has 1 aliphatic rings. The molecule has 0 radical (unpaired) electrons. The van der Waals surface area contributed by atoms with Gasteiger partial charge in [0.15, 0.2) is 0 Å². The Kier molecular flexibility index (Phi) is 5.84. The highest BCUT2D eigenvalue weighted by Gasteiger charge is 2.31. The summed E-state index contributed by atoms with van der Waals surface area (Å²) in [6, 6.07) is 7.61. The quantitative estimate of drug-likeness (QED) is 0.743. The standard InChI is InChI=1S/C17H15Cl2F2NO3S/c18-13-5-12(6-14(19)7-13)17-9-22(1-2-25-17)26(23,24)10-11-3-15(20)8-16(21)4-11/h3-8,17H,1-2,9-10H2. The number of halogens is 4. The minimum Gasteiger partial charge on any atom is -0.371 e. The van der Waals surface area contributed by atoms with Crippen molar-refractivity contribution in [1.82, 2.24) is 4.31 Å². The van der Waals surface area contributed by atoms with Crippen LogP contribution >= 0.6 is 23.2 Å². The maximum atomic E-state index is 13.3. The molecular formula is C17H15Cl2F2NO3S. The number of benzene rings is 2. The molecule has 26 heavy (non-hydrogen) atoms. The summed E-state index contributed by atoms with van der Waals surface area (Å²) in [7, 11) is -3.78. The van der Waals surface area contributed by atoms with Crippen LogP contribution in [0.4, 0.5) is 8.78 Å². The van der Waals surface area contributed by atoms with Crippen molar-refractivity contribution in [3.63, 3.8) is 0 Å². The van der Waals surface area contributed by atoms with Crippen molar-refractivity contribution in [2.45, 2.75) is 11.9 Å². The van der Waals surface area contributed by atoms with Crippen molar-refractivity contribution in [2.24, 2.45) is 0 Å². The molecule has 140 valence electrons. The summed E-state index contributed by atoms with van der Waals surface area (Å²) in [4.78, 5) is 0. The summed E-state index contributed by atoms with van der Waals surface area (Å²) in [5, 5.41) is 0.845.